The highest BCUT2D eigenvalue weighted by Gasteiger charge is 2.44. The summed E-state index contributed by atoms with van der Waals surface area (Å²) in [5, 5.41) is 19.5. The molecule has 2 fully saturated rings. The number of aliphatic hydroxyl groups is 1. The van der Waals surface area contributed by atoms with Crippen molar-refractivity contribution in [1.82, 2.24) is 25.8 Å². The van der Waals surface area contributed by atoms with E-state index in [1.807, 2.05) is 57.5 Å². The number of likely N-dealkylation sites (tertiary alicyclic amines) is 1. The summed E-state index contributed by atoms with van der Waals surface area (Å²) in [5.74, 6) is -1.25. The fourth-order valence-corrected chi connectivity index (χ4v) is 6.86. The number of rotatable bonds is 21. The molecule has 3 amide bonds. The molecule has 4 rings (SSSR count). The van der Waals surface area contributed by atoms with Gasteiger partial charge in [0.15, 0.2) is 0 Å². The molecule has 2 aliphatic rings. The number of ether oxygens (including phenoxy) is 5. The van der Waals surface area contributed by atoms with Gasteiger partial charge in [0.05, 0.1) is 81.1 Å². The van der Waals surface area contributed by atoms with Crippen molar-refractivity contribution in [3.8, 4) is 10.4 Å². The minimum Gasteiger partial charge on any atom is -0.391 e. The predicted molar refractivity (Wildman–Crippen MR) is 197 cm³/mol. The molecule has 0 unspecified atom stereocenters. The summed E-state index contributed by atoms with van der Waals surface area (Å²) < 4.78 is 27.8. The smallest absolute Gasteiger partial charge is 0.246 e. The Morgan fingerprint density at radius 2 is 1.58 bits per heavy atom. The van der Waals surface area contributed by atoms with Gasteiger partial charge in [0.2, 0.25) is 17.7 Å². The molecule has 0 aliphatic carbocycles. The van der Waals surface area contributed by atoms with Gasteiger partial charge in [-0.1, -0.05) is 45.0 Å². The Morgan fingerprint density at radius 3 is 2.17 bits per heavy atom. The maximum absolute atomic E-state index is 13.8. The molecule has 2 aliphatic heterocycles. The number of aromatic nitrogens is 1. The molecule has 4 N–H and O–H groups in total. The highest BCUT2D eigenvalue weighted by molar-refractivity contribution is 7.13. The van der Waals surface area contributed by atoms with Crippen LogP contribution in [0.5, 0.6) is 0 Å². The lowest BCUT2D eigenvalue weighted by atomic mass is 9.85. The third kappa shape index (κ3) is 13.8. The van der Waals surface area contributed by atoms with E-state index in [2.05, 4.69) is 20.9 Å². The SMILES string of the molecule is Cc1ncsc1-c1ccc(CNC(=O)[C@@H]2C[C@@H](O)CN2C(=O)[C@@H](NC(=O)COCCOCCOCCOCCOC2CCNCC2)C(C)(C)C)cc1. The van der Waals surface area contributed by atoms with Crippen LogP contribution in [0.4, 0.5) is 0 Å². The van der Waals surface area contributed by atoms with Crippen molar-refractivity contribution in [3.05, 3.63) is 41.0 Å². The molecule has 15 heteroatoms. The number of nitrogens with one attached hydrogen (secondary N) is 3. The molecule has 2 aromatic rings. The highest BCUT2D eigenvalue weighted by Crippen LogP contribution is 2.28. The number of piperidine rings is 1. The Balaban J connectivity index is 1.10. The van der Waals surface area contributed by atoms with Gasteiger partial charge in [-0.2, -0.15) is 0 Å². The van der Waals surface area contributed by atoms with E-state index in [4.69, 9.17) is 23.7 Å². The number of amides is 3. The molecule has 14 nitrogen and oxygen atoms in total. The summed E-state index contributed by atoms with van der Waals surface area (Å²) in [5.41, 5.74) is 4.07. The van der Waals surface area contributed by atoms with Crippen LogP contribution in [0.2, 0.25) is 0 Å². The molecule has 0 radical (unpaired) electrons. The number of carbonyl (C=O) groups is 3. The third-order valence-corrected chi connectivity index (χ3v) is 9.91. The van der Waals surface area contributed by atoms with Gasteiger partial charge >= 0.3 is 0 Å². The van der Waals surface area contributed by atoms with E-state index in [1.165, 1.54) is 4.90 Å². The Bertz CT molecular complexity index is 1380. The van der Waals surface area contributed by atoms with Crippen LogP contribution >= 0.6 is 11.3 Å². The first-order valence-electron chi connectivity index (χ1n) is 18.2. The van der Waals surface area contributed by atoms with Crippen LogP contribution in [0, 0.1) is 12.3 Å². The zero-order chi connectivity index (χ0) is 37.3. The summed E-state index contributed by atoms with van der Waals surface area (Å²) in [6.07, 6.45) is 1.67. The van der Waals surface area contributed by atoms with Crippen LogP contribution in [0.25, 0.3) is 10.4 Å². The van der Waals surface area contributed by atoms with Crippen LogP contribution in [-0.4, -0.2) is 136 Å². The maximum atomic E-state index is 13.8. The van der Waals surface area contributed by atoms with Crippen molar-refractivity contribution < 1.29 is 43.2 Å². The quantitative estimate of drug-likeness (QED) is 0.138. The van der Waals surface area contributed by atoms with Gasteiger partial charge in [-0.15, -0.1) is 11.3 Å². The summed E-state index contributed by atoms with van der Waals surface area (Å²) in [6.45, 7) is 12.9. The first-order valence-corrected chi connectivity index (χ1v) is 19.1. The number of carbonyl (C=O) groups excluding carboxylic acids is 3. The van der Waals surface area contributed by atoms with E-state index in [1.54, 1.807) is 11.3 Å². The fraction of sp³-hybridized carbons (Fsp3) is 0.676. The molecule has 1 aromatic heterocycles. The number of β-amino-alcohol motifs (C(OH)–C–C–N with tert-alkyl or cyclic N) is 1. The largest absolute Gasteiger partial charge is 0.391 e. The minimum absolute atomic E-state index is 0.000433. The second-order valence-corrected chi connectivity index (χ2v) is 15.0. The lowest BCUT2D eigenvalue weighted by molar-refractivity contribution is -0.144. The molecule has 3 heterocycles. The van der Waals surface area contributed by atoms with Crippen LogP contribution < -0.4 is 16.0 Å². The zero-order valence-electron chi connectivity index (χ0n) is 31.0. The Hall–Kier alpha value is -3.02. The van der Waals surface area contributed by atoms with Crippen LogP contribution in [-0.2, 0) is 44.6 Å². The van der Waals surface area contributed by atoms with E-state index >= 15 is 0 Å². The molecule has 3 atom stereocenters. The summed E-state index contributed by atoms with van der Waals surface area (Å²) in [6, 6.07) is 6.08. The monoisotopic (exact) mass is 747 g/mol. The fourth-order valence-electron chi connectivity index (χ4n) is 6.04. The standard InChI is InChI=1S/C37H57N5O9S/c1-26-33(52-25-40-26)28-7-5-27(6-8-28)22-39-35(45)31-21-29(43)23-42(31)36(46)34(37(2,3)4)41-32(44)24-50-18-17-48-14-13-47-15-16-49-19-20-51-30-9-11-38-12-10-30/h5-8,25,29-31,34,38,43H,9-24H2,1-4H3,(H,39,45)(H,41,44)/t29-,31+,34-/m1/s1. The van der Waals surface area contributed by atoms with Crippen LogP contribution in [0.3, 0.4) is 0 Å². The van der Waals surface area contributed by atoms with Crippen molar-refractivity contribution in [3.63, 3.8) is 0 Å². The summed E-state index contributed by atoms with van der Waals surface area (Å²) >= 11 is 1.58. The number of aryl methyl sites for hydroxylation is 1. The molecular weight excluding hydrogens is 690 g/mol. The number of hydrogen-bond donors (Lipinski definition) is 4. The molecule has 52 heavy (non-hydrogen) atoms. The number of benzene rings is 1. The van der Waals surface area contributed by atoms with E-state index in [0.717, 1.165) is 47.6 Å². The van der Waals surface area contributed by atoms with Crippen molar-refractivity contribution >= 4 is 29.1 Å². The van der Waals surface area contributed by atoms with Crippen molar-refractivity contribution in [2.75, 3.05) is 79.1 Å². The number of aliphatic hydroxyl groups excluding tert-OH is 1. The summed E-state index contributed by atoms with van der Waals surface area (Å²) in [7, 11) is 0. The van der Waals surface area contributed by atoms with Gasteiger partial charge < -0.3 is 49.6 Å². The van der Waals surface area contributed by atoms with E-state index in [-0.39, 0.29) is 45.2 Å². The normalized spacial score (nSPS) is 18.8. The third-order valence-electron chi connectivity index (χ3n) is 8.93. The van der Waals surface area contributed by atoms with Crippen molar-refractivity contribution in [2.24, 2.45) is 5.41 Å². The van der Waals surface area contributed by atoms with Gasteiger partial charge in [0.1, 0.15) is 18.7 Å². The van der Waals surface area contributed by atoms with Gasteiger partial charge in [-0.3, -0.25) is 14.4 Å². The van der Waals surface area contributed by atoms with Crippen LogP contribution in [0.15, 0.2) is 29.8 Å². The Morgan fingerprint density at radius 1 is 0.962 bits per heavy atom. The van der Waals surface area contributed by atoms with E-state index in [0.29, 0.717) is 45.7 Å². The Labute approximate surface area is 311 Å². The topological polar surface area (TPSA) is 170 Å². The van der Waals surface area contributed by atoms with Gasteiger partial charge in [-0.05, 0) is 49.4 Å². The zero-order valence-corrected chi connectivity index (χ0v) is 31.8. The van der Waals surface area contributed by atoms with Gasteiger partial charge in [0.25, 0.3) is 0 Å². The second kappa shape index (κ2) is 21.6. The number of hydrogen-bond acceptors (Lipinski definition) is 12. The molecule has 0 bridgehead atoms. The summed E-state index contributed by atoms with van der Waals surface area (Å²) in [4.78, 5) is 46.7. The molecule has 0 spiro atoms. The first kappa shape index (κ1) is 41.7. The lowest BCUT2D eigenvalue weighted by Crippen LogP contribution is -2.58. The predicted octanol–water partition coefficient (Wildman–Crippen LogP) is 2.06. The van der Waals surface area contributed by atoms with Crippen LogP contribution in [0.1, 0.15) is 51.3 Å². The molecule has 1 aromatic carbocycles. The Kier molecular flexibility index (Phi) is 17.4. The highest BCUT2D eigenvalue weighted by atomic mass is 32.1. The van der Waals surface area contributed by atoms with Crippen molar-refractivity contribution in [2.45, 2.75) is 77.8 Å². The maximum Gasteiger partial charge on any atom is 0.246 e. The second-order valence-electron chi connectivity index (χ2n) is 14.2. The molecule has 290 valence electrons. The molecular formula is C37H57N5O9S. The lowest BCUT2D eigenvalue weighted by Gasteiger charge is -2.35. The number of nitrogens with zero attached hydrogens (tertiary/aromatic N) is 2. The van der Waals surface area contributed by atoms with E-state index in [9.17, 15) is 19.5 Å². The van der Waals surface area contributed by atoms with E-state index < -0.39 is 35.4 Å². The van der Waals surface area contributed by atoms with Gasteiger partial charge in [-0.25, -0.2) is 4.98 Å². The van der Waals surface area contributed by atoms with Gasteiger partial charge in [0, 0.05) is 19.5 Å². The average molecular weight is 748 g/mol. The average Bonchev–Trinajstić information content (AvgIpc) is 3.74. The molecule has 2 saturated heterocycles. The minimum atomic E-state index is -0.939. The molecule has 0 saturated carbocycles. The van der Waals surface area contributed by atoms with Crippen molar-refractivity contribution in [1.29, 1.82) is 0 Å². The first-order chi connectivity index (χ1) is 25.0. The number of thiazole rings is 1.